The number of hydrogen-bond donors (Lipinski definition) is 1. The molecule has 1 aliphatic rings. The lowest BCUT2D eigenvalue weighted by Crippen LogP contribution is -2.31. The van der Waals surface area contributed by atoms with E-state index in [1.54, 1.807) is 0 Å². The van der Waals surface area contributed by atoms with E-state index in [1.165, 1.54) is 25.7 Å². The van der Waals surface area contributed by atoms with Crippen LogP contribution in [0.4, 0.5) is 0 Å². The van der Waals surface area contributed by atoms with Gasteiger partial charge in [0.1, 0.15) is 0 Å². The van der Waals surface area contributed by atoms with Crippen molar-refractivity contribution in [3.8, 4) is 0 Å². The van der Waals surface area contributed by atoms with Crippen LogP contribution in [-0.4, -0.2) is 22.7 Å². The van der Waals surface area contributed by atoms with Gasteiger partial charge in [0, 0.05) is 12.0 Å². The lowest BCUT2D eigenvalue weighted by atomic mass is 9.83. The normalized spacial score (nSPS) is 26.4. The molecule has 0 spiro atoms. The molecule has 1 aliphatic carbocycles. The summed E-state index contributed by atoms with van der Waals surface area (Å²) in [7, 11) is 0. The van der Waals surface area contributed by atoms with Crippen LogP contribution in [0.3, 0.4) is 0 Å². The highest BCUT2D eigenvalue weighted by Crippen LogP contribution is 2.34. The van der Waals surface area contributed by atoms with E-state index in [9.17, 15) is 0 Å². The zero-order chi connectivity index (χ0) is 14.5. The summed E-state index contributed by atoms with van der Waals surface area (Å²) in [5.74, 6) is 3.35. The van der Waals surface area contributed by atoms with E-state index in [-0.39, 0.29) is 5.92 Å². The Morgan fingerprint density at radius 2 is 1.95 bits per heavy atom. The van der Waals surface area contributed by atoms with E-state index in [0.29, 0.717) is 12.0 Å². The maximum Gasteiger partial charge on any atom is 0.231 e. The summed E-state index contributed by atoms with van der Waals surface area (Å²) < 4.78 is 5.51. The van der Waals surface area contributed by atoms with E-state index in [4.69, 9.17) is 4.52 Å². The van der Waals surface area contributed by atoms with Crippen LogP contribution in [0, 0.1) is 5.92 Å². The summed E-state index contributed by atoms with van der Waals surface area (Å²) in [5, 5.41) is 7.73. The van der Waals surface area contributed by atoms with E-state index in [2.05, 4.69) is 43.2 Å². The molecule has 2 unspecified atom stereocenters. The molecule has 2 atom stereocenters. The largest absolute Gasteiger partial charge is 0.339 e. The Hall–Kier alpha value is -0.900. The first-order valence-corrected chi connectivity index (χ1v) is 8.18. The van der Waals surface area contributed by atoms with Gasteiger partial charge in [-0.1, -0.05) is 38.8 Å². The zero-order valence-corrected chi connectivity index (χ0v) is 13.4. The van der Waals surface area contributed by atoms with Gasteiger partial charge in [-0.05, 0) is 38.6 Å². The average molecular weight is 279 g/mol. The first-order chi connectivity index (χ1) is 9.61. The molecule has 0 aromatic carbocycles. The quantitative estimate of drug-likeness (QED) is 0.859. The molecule has 1 N–H and O–H groups in total. The molecule has 0 bridgehead atoms. The maximum atomic E-state index is 5.51. The Bertz CT molecular complexity index is 396. The van der Waals surface area contributed by atoms with Crippen molar-refractivity contribution in [2.24, 2.45) is 5.92 Å². The van der Waals surface area contributed by atoms with Gasteiger partial charge in [0.25, 0.3) is 0 Å². The SMILES string of the molecule is CCCNC(C)C(C)c1nc(C2CCC(C)CC2)no1. The van der Waals surface area contributed by atoms with E-state index >= 15 is 0 Å². The molecule has 1 saturated carbocycles. The Balaban J connectivity index is 1.94. The number of rotatable bonds is 6. The highest BCUT2D eigenvalue weighted by atomic mass is 16.5. The Labute approximate surface area is 122 Å². The van der Waals surface area contributed by atoms with Crippen molar-refractivity contribution < 1.29 is 4.52 Å². The Morgan fingerprint density at radius 3 is 2.60 bits per heavy atom. The third kappa shape index (κ3) is 3.81. The van der Waals surface area contributed by atoms with Crippen LogP contribution in [0.15, 0.2) is 4.52 Å². The molecule has 1 heterocycles. The summed E-state index contributed by atoms with van der Waals surface area (Å²) in [4.78, 5) is 4.67. The molecular formula is C16H29N3O. The third-order valence-electron chi connectivity index (χ3n) is 4.69. The van der Waals surface area contributed by atoms with Gasteiger partial charge in [0.15, 0.2) is 5.82 Å². The summed E-state index contributed by atoms with van der Waals surface area (Å²) >= 11 is 0. The molecule has 2 rings (SSSR count). The minimum Gasteiger partial charge on any atom is -0.339 e. The van der Waals surface area contributed by atoms with Crippen LogP contribution in [-0.2, 0) is 0 Å². The van der Waals surface area contributed by atoms with Crippen molar-refractivity contribution in [3.63, 3.8) is 0 Å². The maximum absolute atomic E-state index is 5.51. The van der Waals surface area contributed by atoms with Crippen molar-refractivity contribution in [3.05, 3.63) is 11.7 Å². The molecule has 0 amide bonds. The monoisotopic (exact) mass is 279 g/mol. The van der Waals surface area contributed by atoms with E-state index in [1.807, 2.05) is 0 Å². The lowest BCUT2D eigenvalue weighted by Gasteiger charge is -2.23. The van der Waals surface area contributed by atoms with E-state index in [0.717, 1.165) is 30.6 Å². The van der Waals surface area contributed by atoms with Crippen molar-refractivity contribution in [1.29, 1.82) is 0 Å². The molecule has 1 aromatic heterocycles. The molecule has 4 heteroatoms. The Morgan fingerprint density at radius 1 is 1.25 bits per heavy atom. The van der Waals surface area contributed by atoms with Crippen LogP contribution in [0.1, 0.15) is 83.3 Å². The van der Waals surface area contributed by atoms with Gasteiger partial charge in [0.2, 0.25) is 5.89 Å². The highest BCUT2D eigenvalue weighted by Gasteiger charge is 2.26. The minimum absolute atomic E-state index is 0.269. The fourth-order valence-corrected chi connectivity index (χ4v) is 2.88. The summed E-state index contributed by atoms with van der Waals surface area (Å²) in [6.07, 6.45) is 6.14. The summed E-state index contributed by atoms with van der Waals surface area (Å²) in [6.45, 7) is 9.90. The first kappa shape index (κ1) is 15.5. The summed E-state index contributed by atoms with van der Waals surface area (Å²) in [5.41, 5.74) is 0. The van der Waals surface area contributed by atoms with Gasteiger partial charge in [-0.2, -0.15) is 4.98 Å². The van der Waals surface area contributed by atoms with Gasteiger partial charge >= 0.3 is 0 Å². The Kier molecular flexibility index (Phi) is 5.58. The molecule has 4 nitrogen and oxygen atoms in total. The number of aromatic nitrogens is 2. The first-order valence-electron chi connectivity index (χ1n) is 8.18. The number of nitrogens with zero attached hydrogens (tertiary/aromatic N) is 2. The van der Waals surface area contributed by atoms with Crippen LogP contribution in [0.5, 0.6) is 0 Å². The molecule has 20 heavy (non-hydrogen) atoms. The van der Waals surface area contributed by atoms with Crippen LogP contribution in [0.25, 0.3) is 0 Å². The van der Waals surface area contributed by atoms with Gasteiger partial charge in [-0.15, -0.1) is 0 Å². The topological polar surface area (TPSA) is 51.0 Å². The van der Waals surface area contributed by atoms with E-state index < -0.39 is 0 Å². The number of nitrogens with one attached hydrogen (secondary N) is 1. The molecule has 1 aromatic rings. The second-order valence-corrected chi connectivity index (χ2v) is 6.48. The van der Waals surface area contributed by atoms with Gasteiger partial charge in [-0.3, -0.25) is 0 Å². The molecular weight excluding hydrogens is 250 g/mol. The van der Waals surface area contributed by atoms with Gasteiger partial charge in [0.05, 0.1) is 5.92 Å². The molecule has 0 saturated heterocycles. The molecule has 0 radical (unpaired) electrons. The smallest absolute Gasteiger partial charge is 0.231 e. The van der Waals surface area contributed by atoms with Crippen molar-refractivity contribution >= 4 is 0 Å². The second-order valence-electron chi connectivity index (χ2n) is 6.48. The van der Waals surface area contributed by atoms with Crippen LogP contribution < -0.4 is 5.32 Å². The van der Waals surface area contributed by atoms with Crippen LogP contribution in [0.2, 0.25) is 0 Å². The van der Waals surface area contributed by atoms with Crippen molar-refractivity contribution in [1.82, 2.24) is 15.5 Å². The standard InChI is InChI=1S/C16H29N3O/c1-5-10-17-13(4)12(3)16-18-15(19-20-16)14-8-6-11(2)7-9-14/h11-14,17H,5-10H2,1-4H3. The fourth-order valence-electron chi connectivity index (χ4n) is 2.88. The van der Waals surface area contributed by atoms with Crippen molar-refractivity contribution in [2.75, 3.05) is 6.54 Å². The van der Waals surface area contributed by atoms with Crippen molar-refractivity contribution in [2.45, 2.75) is 77.7 Å². The summed E-state index contributed by atoms with van der Waals surface area (Å²) in [6, 6.07) is 0.370. The predicted octanol–water partition coefficient (Wildman–Crippen LogP) is 3.85. The fraction of sp³-hybridized carbons (Fsp3) is 0.875. The second kappa shape index (κ2) is 7.21. The highest BCUT2D eigenvalue weighted by molar-refractivity contribution is 5.01. The molecule has 0 aliphatic heterocycles. The minimum atomic E-state index is 0.269. The lowest BCUT2D eigenvalue weighted by molar-refractivity contribution is 0.311. The zero-order valence-electron chi connectivity index (χ0n) is 13.4. The van der Waals surface area contributed by atoms with Crippen LogP contribution >= 0.6 is 0 Å². The predicted molar refractivity (Wildman–Crippen MR) is 80.8 cm³/mol. The molecule has 1 fully saturated rings. The average Bonchev–Trinajstić information content (AvgIpc) is 2.94. The number of hydrogen-bond acceptors (Lipinski definition) is 4. The van der Waals surface area contributed by atoms with Gasteiger partial charge in [-0.25, -0.2) is 0 Å². The van der Waals surface area contributed by atoms with Gasteiger partial charge < -0.3 is 9.84 Å². The molecule has 114 valence electrons. The third-order valence-corrected chi connectivity index (χ3v) is 4.69.